The van der Waals surface area contributed by atoms with Crippen molar-refractivity contribution in [3.8, 4) is 17.2 Å². The molecule has 0 bridgehead atoms. The van der Waals surface area contributed by atoms with Crippen molar-refractivity contribution in [1.29, 1.82) is 0 Å². The lowest BCUT2D eigenvalue weighted by atomic mass is 9.75. The summed E-state index contributed by atoms with van der Waals surface area (Å²) in [7, 11) is 5.19. The molecular formula is C80H114N6O12. The second kappa shape index (κ2) is 32.2. The van der Waals surface area contributed by atoms with Crippen LogP contribution in [0.5, 0.6) is 17.2 Å². The highest BCUT2D eigenvalue weighted by atomic mass is 16.6. The number of aliphatic carboxylic acids is 2. The number of aromatic nitrogens is 3. The number of H-pyrrole nitrogens is 1. The molecule has 6 heterocycles. The average Bonchev–Trinajstić information content (AvgIpc) is 1.50. The lowest BCUT2D eigenvalue weighted by molar-refractivity contribution is -0.144. The molecule has 12 rings (SSSR count). The van der Waals surface area contributed by atoms with E-state index in [1.807, 2.05) is 86.0 Å². The largest absolute Gasteiger partial charge is 0.496 e. The molecule has 6 aromatic rings. The summed E-state index contributed by atoms with van der Waals surface area (Å²) in [6.45, 7) is 24.8. The number of aromatic amines is 1. The number of likely N-dealkylation sites (tertiary alicyclic amines) is 3. The van der Waals surface area contributed by atoms with Crippen LogP contribution in [0.4, 0.5) is 9.59 Å². The molecule has 3 saturated heterocycles. The first-order chi connectivity index (χ1) is 46.8. The van der Waals surface area contributed by atoms with Gasteiger partial charge in [0.05, 0.1) is 44.2 Å². The first-order valence-electron chi connectivity index (χ1n) is 36.9. The number of Topliss-reactive ketones (excluding diaryl/α,β-unsaturated/α-hetero) is 1. The van der Waals surface area contributed by atoms with Gasteiger partial charge in [0.15, 0.2) is 0 Å². The number of carboxylic acids is 2. The fraction of sp³-hybridized carbons (Fsp3) is 0.637. The highest BCUT2D eigenvalue weighted by Crippen LogP contribution is 2.44. The van der Waals surface area contributed by atoms with Crippen molar-refractivity contribution in [2.75, 3.05) is 41.0 Å². The van der Waals surface area contributed by atoms with Crippen LogP contribution in [0.2, 0.25) is 0 Å². The Kier molecular flexibility index (Phi) is 24.2. The molecule has 18 nitrogen and oxygen atoms in total. The molecule has 3 aromatic carbocycles. The normalized spacial score (nSPS) is 24.6. The number of rotatable bonds is 15. The zero-order valence-corrected chi connectivity index (χ0v) is 61.2. The number of ether oxygens (including phenoxy) is 5. The molecule has 3 aliphatic heterocycles. The smallest absolute Gasteiger partial charge is 0.419 e. The molecular weight excluding hydrogens is 1240 g/mol. The molecule has 18 heteroatoms. The molecule has 3 aromatic heterocycles. The van der Waals surface area contributed by atoms with Gasteiger partial charge in [-0.05, 0) is 275 Å². The van der Waals surface area contributed by atoms with Crippen molar-refractivity contribution < 1.29 is 57.9 Å². The summed E-state index contributed by atoms with van der Waals surface area (Å²) in [5.74, 6) is 3.52. The van der Waals surface area contributed by atoms with Crippen LogP contribution in [0.15, 0.2) is 55.0 Å². The van der Waals surface area contributed by atoms with E-state index in [0.717, 1.165) is 190 Å². The molecule has 6 aliphatic rings. The number of carboxylic acid groups (broad SMARTS) is 2. The fourth-order valence-corrected chi connectivity index (χ4v) is 17.8. The quantitative estimate of drug-likeness (QED) is 0.0874. The number of hydrogen-bond acceptors (Lipinski definition) is 13. The third-order valence-electron chi connectivity index (χ3n) is 22.7. The third kappa shape index (κ3) is 17.3. The number of carbonyl (C=O) groups is 5. The van der Waals surface area contributed by atoms with E-state index >= 15 is 0 Å². The number of fused-ring (bicyclic) bond motifs is 3. The molecule has 3 saturated carbocycles. The fourth-order valence-electron chi connectivity index (χ4n) is 17.8. The number of carbonyl (C=O) groups excluding carboxylic acids is 3. The van der Waals surface area contributed by atoms with Gasteiger partial charge in [0.1, 0.15) is 34.2 Å². The molecule has 3 atom stereocenters. The predicted octanol–water partition coefficient (Wildman–Crippen LogP) is 17.2. The van der Waals surface area contributed by atoms with E-state index in [1.54, 1.807) is 43.6 Å². The van der Waals surface area contributed by atoms with Gasteiger partial charge in [0, 0.05) is 101 Å². The summed E-state index contributed by atoms with van der Waals surface area (Å²) in [4.78, 5) is 71.7. The van der Waals surface area contributed by atoms with Crippen LogP contribution >= 0.6 is 0 Å². The van der Waals surface area contributed by atoms with E-state index in [4.69, 9.17) is 23.7 Å². The highest BCUT2D eigenvalue weighted by Gasteiger charge is 2.39. The van der Waals surface area contributed by atoms with Crippen LogP contribution < -0.4 is 14.2 Å². The number of hydrogen-bond donors (Lipinski definition) is 3. The second-order valence-electron chi connectivity index (χ2n) is 31.5. The maximum atomic E-state index is 13.0. The van der Waals surface area contributed by atoms with Crippen LogP contribution in [-0.2, 0) is 43.5 Å². The zero-order valence-electron chi connectivity index (χ0n) is 61.2. The van der Waals surface area contributed by atoms with E-state index in [0.29, 0.717) is 41.7 Å². The SMILES string of the molecule is COc1cc(C)c2[nH]ccc2c1CN1CCCC[C@H]1C1CCC(C(=O)O)CC1.COc1cc(C)c2c(ccn2C(=O)OC(C)(C)C)c1CN1CCCC[C@H]1C1CCC(C(=O)O)CC1.COc1cc(C)c2c(ccn2C(=O)OC(C)(C)C)c1CN1CCCC[C@H]1C1CCC(C(C)=O)CC1. The number of methoxy groups -OCH3 is 3. The Morgan fingerprint density at radius 3 is 1.12 bits per heavy atom. The molecule has 6 fully saturated rings. The van der Waals surface area contributed by atoms with Crippen LogP contribution in [0, 0.1) is 56.3 Å². The van der Waals surface area contributed by atoms with Crippen molar-refractivity contribution in [3.63, 3.8) is 0 Å². The molecule has 3 N–H and O–H groups in total. The predicted molar refractivity (Wildman–Crippen MR) is 386 cm³/mol. The second-order valence-corrected chi connectivity index (χ2v) is 31.5. The van der Waals surface area contributed by atoms with Gasteiger partial charge in [-0.1, -0.05) is 19.3 Å². The van der Waals surface area contributed by atoms with Crippen LogP contribution in [-0.4, -0.2) is 139 Å². The number of nitrogens with one attached hydrogen (secondary N) is 1. The summed E-state index contributed by atoms with van der Waals surface area (Å²) in [6.07, 6.45) is 27.5. The lowest BCUT2D eigenvalue weighted by Gasteiger charge is -2.43. The Morgan fingerprint density at radius 2 is 0.796 bits per heavy atom. The molecule has 536 valence electrons. The minimum absolute atomic E-state index is 0.134. The minimum Gasteiger partial charge on any atom is -0.496 e. The maximum absolute atomic E-state index is 13.0. The Morgan fingerprint density at radius 1 is 0.459 bits per heavy atom. The summed E-state index contributed by atoms with van der Waals surface area (Å²) in [5, 5.41) is 22.1. The monoisotopic (exact) mass is 1350 g/mol. The zero-order chi connectivity index (χ0) is 70.3. The number of aryl methyl sites for hydroxylation is 3. The number of piperidine rings is 3. The van der Waals surface area contributed by atoms with Gasteiger partial charge in [-0.3, -0.25) is 38.2 Å². The van der Waals surface area contributed by atoms with Gasteiger partial charge in [0.25, 0.3) is 0 Å². The van der Waals surface area contributed by atoms with Gasteiger partial charge < -0.3 is 38.9 Å². The summed E-state index contributed by atoms with van der Waals surface area (Å²) in [6, 6.07) is 14.0. The van der Waals surface area contributed by atoms with Crippen LogP contribution in [0.1, 0.15) is 217 Å². The molecule has 0 spiro atoms. The third-order valence-corrected chi connectivity index (χ3v) is 22.7. The Balaban J connectivity index is 0.000000160. The number of benzene rings is 3. The van der Waals surface area contributed by atoms with Crippen molar-refractivity contribution >= 4 is 62.6 Å². The topological polar surface area (TPSA) is 207 Å². The van der Waals surface area contributed by atoms with Crippen molar-refractivity contribution in [1.82, 2.24) is 28.8 Å². The first-order valence-corrected chi connectivity index (χ1v) is 36.9. The van der Waals surface area contributed by atoms with Gasteiger partial charge in [-0.15, -0.1) is 0 Å². The first kappa shape index (κ1) is 73.8. The summed E-state index contributed by atoms with van der Waals surface area (Å²) < 4.78 is 32.0. The van der Waals surface area contributed by atoms with Crippen molar-refractivity contribution in [3.05, 3.63) is 88.4 Å². The molecule has 98 heavy (non-hydrogen) atoms. The molecule has 0 radical (unpaired) electrons. The van der Waals surface area contributed by atoms with Crippen LogP contribution in [0.25, 0.3) is 32.7 Å². The van der Waals surface area contributed by atoms with Crippen molar-refractivity contribution in [2.24, 2.45) is 35.5 Å². The Hall–Kier alpha value is -6.89. The van der Waals surface area contributed by atoms with E-state index < -0.39 is 23.1 Å². The van der Waals surface area contributed by atoms with Gasteiger partial charge >= 0.3 is 24.1 Å². The highest BCUT2D eigenvalue weighted by molar-refractivity contribution is 5.96. The maximum Gasteiger partial charge on any atom is 0.419 e. The van der Waals surface area contributed by atoms with Crippen LogP contribution in [0.3, 0.4) is 0 Å². The van der Waals surface area contributed by atoms with E-state index in [-0.39, 0.29) is 29.9 Å². The number of nitrogens with zero attached hydrogens (tertiary/aromatic N) is 5. The average molecular weight is 1350 g/mol. The van der Waals surface area contributed by atoms with Gasteiger partial charge in [-0.25, -0.2) is 9.59 Å². The van der Waals surface area contributed by atoms with Crippen molar-refractivity contribution in [2.45, 2.75) is 253 Å². The molecule has 0 amide bonds. The van der Waals surface area contributed by atoms with E-state index in [9.17, 15) is 34.2 Å². The Labute approximate surface area is 581 Å². The van der Waals surface area contributed by atoms with Gasteiger partial charge in [0.2, 0.25) is 0 Å². The Bertz CT molecular complexity index is 3580. The summed E-state index contributed by atoms with van der Waals surface area (Å²) >= 11 is 0. The number of ketones is 1. The van der Waals surface area contributed by atoms with Gasteiger partial charge in [-0.2, -0.15) is 0 Å². The summed E-state index contributed by atoms with van der Waals surface area (Å²) in [5.41, 5.74) is 8.52. The minimum atomic E-state index is -0.648. The standard InChI is InChI=1S/C29H42N2O4.C28H40N2O5.C23H32N2O3/c1-19-17-26(34-6)24(23-14-16-31(27(19)23)28(33)35-29(3,4)5)18-30-15-8-7-9-25(30)22-12-10-21(11-13-22)20(2)32;1-18-16-24(34-5)22(21-13-15-30(25(18)21)27(33)35-28(2,3)4)17-29-14-7-6-8-23(29)19-9-11-20(12-10-19)26(31)32;1-15-13-21(28-2)19(18-10-11-24-22(15)18)14-25-12-4-3-5-20(25)16-6-8-17(9-7-16)23(26)27/h14,16-17,21-22,25H,7-13,15,18H2,1-6H3;13,15-16,19-20,23H,6-12,14,17H2,1-5H3,(H,31,32);10-11,13,16-17,20,24H,3-9,12,14H2,1-2H3,(H,26,27)/t21?,22?,25-;19?,20?,23-;16?,17?,20-/m000/s1. The van der Waals surface area contributed by atoms with E-state index in [1.165, 1.54) is 67.0 Å². The molecule has 3 aliphatic carbocycles. The molecule has 0 unspecified atom stereocenters. The lowest BCUT2D eigenvalue weighted by Crippen LogP contribution is -2.45. The van der Waals surface area contributed by atoms with E-state index in [2.05, 4.69) is 44.8 Å².